The Morgan fingerprint density at radius 2 is 1.71 bits per heavy atom. The number of hydrogen-bond acceptors (Lipinski definition) is 4. The van der Waals surface area contributed by atoms with Crippen molar-refractivity contribution in [3.63, 3.8) is 0 Å². The summed E-state index contributed by atoms with van der Waals surface area (Å²) in [5, 5.41) is 13.3. The van der Waals surface area contributed by atoms with Gasteiger partial charge in [0, 0.05) is 0 Å². The summed E-state index contributed by atoms with van der Waals surface area (Å²) < 4.78 is 114. The van der Waals surface area contributed by atoms with Gasteiger partial charge in [0.1, 0.15) is 5.92 Å². The zero-order valence-electron chi connectivity index (χ0n) is 15.5. The van der Waals surface area contributed by atoms with Gasteiger partial charge in [-0.2, -0.15) is 26.3 Å². The standard InChI is InChI=1S/C17H16F8N2O4/c1-2-31-11(28)9-10(8-6-4-3-5-7-8)26-13(29)27-15(9,30)17(24,25)16(22,23)14(20,21)12(18)19/h3-7,9-10,12,30H,2H2,1H3,(H2,26,27,29)/t9-,10+,15+/m0/s1. The van der Waals surface area contributed by atoms with E-state index in [4.69, 9.17) is 0 Å². The third-order valence-electron chi connectivity index (χ3n) is 4.64. The Bertz CT molecular complexity index is 824. The summed E-state index contributed by atoms with van der Waals surface area (Å²) in [6, 6.07) is 2.57. The van der Waals surface area contributed by atoms with Crippen molar-refractivity contribution >= 4 is 12.0 Å². The summed E-state index contributed by atoms with van der Waals surface area (Å²) in [5.74, 6) is -24.6. The lowest BCUT2D eigenvalue weighted by Crippen LogP contribution is -2.79. The highest BCUT2D eigenvalue weighted by Crippen LogP contribution is 2.55. The number of nitrogens with one attached hydrogen (secondary N) is 2. The summed E-state index contributed by atoms with van der Waals surface area (Å²) >= 11 is 0. The Balaban J connectivity index is 2.72. The number of carbonyl (C=O) groups is 2. The molecule has 3 atom stereocenters. The molecule has 1 aromatic carbocycles. The van der Waals surface area contributed by atoms with Crippen molar-refractivity contribution in [3.8, 4) is 0 Å². The largest absolute Gasteiger partial charge is 0.466 e. The van der Waals surface area contributed by atoms with Crippen LogP contribution < -0.4 is 10.6 Å². The van der Waals surface area contributed by atoms with E-state index in [0.717, 1.165) is 17.4 Å². The minimum Gasteiger partial charge on any atom is -0.466 e. The van der Waals surface area contributed by atoms with Gasteiger partial charge in [0.15, 0.2) is 0 Å². The maximum Gasteiger partial charge on any atom is 0.382 e. The predicted octanol–water partition coefficient (Wildman–Crippen LogP) is 3.08. The Morgan fingerprint density at radius 3 is 2.19 bits per heavy atom. The van der Waals surface area contributed by atoms with E-state index in [2.05, 4.69) is 4.74 Å². The molecule has 0 aliphatic carbocycles. The van der Waals surface area contributed by atoms with Gasteiger partial charge in [-0.1, -0.05) is 30.3 Å². The molecule has 1 aromatic rings. The normalized spacial score (nSPS) is 25.1. The van der Waals surface area contributed by atoms with Crippen LogP contribution in [0.5, 0.6) is 0 Å². The second kappa shape index (κ2) is 8.13. The van der Waals surface area contributed by atoms with Crippen LogP contribution in [0.15, 0.2) is 30.3 Å². The topological polar surface area (TPSA) is 87.7 Å². The summed E-state index contributed by atoms with van der Waals surface area (Å²) in [6.07, 6.45) is -5.26. The van der Waals surface area contributed by atoms with Crippen LogP contribution in [0.1, 0.15) is 18.5 Å². The van der Waals surface area contributed by atoms with E-state index in [1.807, 2.05) is 5.32 Å². The van der Waals surface area contributed by atoms with E-state index in [1.165, 1.54) is 25.1 Å². The zero-order chi connectivity index (χ0) is 23.8. The predicted molar refractivity (Wildman–Crippen MR) is 86.8 cm³/mol. The van der Waals surface area contributed by atoms with Crippen LogP contribution in [-0.2, 0) is 9.53 Å². The first-order valence-electron chi connectivity index (χ1n) is 8.59. The molecule has 14 heteroatoms. The van der Waals surface area contributed by atoms with E-state index < -0.39 is 60.5 Å². The SMILES string of the molecule is CCOC(=O)[C@@H]1[C@@H](c2ccccc2)NC(=O)N[C@]1(O)C(F)(F)C(F)(F)C(F)(F)C(F)F. The average Bonchev–Trinajstić information content (AvgIpc) is 2.67. The quantitative estimate of drug-likeness (QED) is 0.428. The lowest BCUT2D eigenvalue weighted by atomic mass is 9.76. The van der Waals surface area contributed by atoms with Crippen molar-refractivity contribution in [3.05, 3.63) is 35.9 Å². The van der Waals surface area contributed by atoms with Crippen molar-refractivity contribution in [2.75, 3.05) is 6.61 Å². The van der Waals surface area contributed by atoms with Crippen LogP contribution in [0.3, 0.4) is 0 Å². The number of hydrogen-bond donors (Lipinski definition) is 3. The van der Waals surface area contributed by atoms with E-state index in [1.54, 1.807) is 0 Å². The van der Waals surface area contributed by atoms with Gasteiger partial charge in [-0.25, -0.2) is 13.6 Å². The van der Waals surface area contributed by atoms with Crippen molar-refractivity contribution < 1.29 is 54.6 Å². The Labute approximate surface area is 169 Å². The number of benzene rings is 1. The Morgan fingerprint density at radius 1 is 1.16 bits per heavy atom. The van der Waals surface area contributed by atoms with Crippen molar-refractivity contribution in [1.29, 1.82) is 0 Å². The lowest BCUT2D eigenvalue weighted by molar-refractivity contribution is -0.385. The number of carbonyl (C=O) groups excluding carboxylic acids is 2. The highest BCUT2D eigenvalue weighted by Gasteiger charge is 2.84. The number of esters is 1. The number of ether oxygens (including phenoxy) is 1. The van der Waals surface area contributed by atoms with Crippen LogP contribution in [-0.4, -0.2) is 53.6 Å². The molecule has 31 heavy (non-hydrogen) atoms. The molecule has 0 saturated carbocycles. The second-order valence-electron chi connectivity index (χ2n) is 6.56. The lowest BCUT2D eigenvalue weighted by Gasteiger charge is -2.49. The van der Waals surface area contributed by atoms with Crippen LogP contribution in [0.25, 0.3) is 0 Å². The summed E-state index contributed by atoms with van der Waals surface area (Å²) in [4.78, 5) is 24.3. The second-order valence-corrected chi connectivity index (χ2v) is 6.56. The van der Waals surface area contributed by atoms with Gasteiger partial charge in [0.25, 0.3) is 0 Å². The molecule has 1 saturated heterocycles. The van der Waals surface area contributed by atoms with Crippen LogP contribution >= 0.6 is 0 Å². The van der Waals surface area contributed by atoms with Gasteiger partial charge in [0.2, 0.25) is 5.72 Å². The van der Waals surface area contributed by atoms with E-state index >= 15 is 0 Å². The smallest absolute Gasteiger partial charge is 0.382 e. The fourth-order valence-electron chi connectivity index (χ4n) is 3.09. The maximum absolute atomic E-state index is 14.8. The number of amides is 2. The van der Waals surface area contributed by atoms with Gasteiger partial charge in [-0.05, 0) is 12.5 Å². The molecule has 2 rings (SSSR count). The monoisotopic (exact) mass is 464 g/mol. The molecule has 3 N–H and O–H groups in total. The average molecular weight is 464 g/mol. The van der Waals surface area contributed by atoms with E-state index in [-0.39, 0.29) is 5.56 Å². The third-order valence-corrected chi connectivity index (χ3v) is 4.64. The molecule has 0 radical (unpaired) electrons. The zero-order valence-corrected chi connectivity index (χ0v) is 15.5. The fraction of sp³-hybridized carbons (Fsp3) is 0.529. The number of rotatable bonds is 7. The molecule has 1 aliphatic heterocycles. The van der Waals surface area contributed by atoms with E-state index in [9.17, 15) is 49.8 Å². The van der Waals surface area contributed by atoms with Crippen LogP contribution in [0.2, 0.25) is 0 Å². The van der Waals surface area contributed by atoms with Gasteiger partial charge in [-0.3, -0.25) is 4.79 Å². The van der Waals surface area contributed by atoms with Crippen molar-refractivity contribution in [2.45, 2.75) is 42.9 Å². The summed E-state index contributed by atoms with van der Waals surface area (Å²) in [6.45, 7) is 0.664. The molecule has 0 bridgehead atoms. The molecule has 0 spiro atoms. The molecule has 174 valence electrons. The first-order chi connectivity index (χ1) is 14.1. The molecular weight excluding hydrogens is 448 g/mol. The minimum absolute atomic E-state index is 0.173. The molecule has 2 amide bonds. The highest BCUT2D eigenvalue weighted by molar-refractivity contribution is 5.83. The molecule has 6 nitrogen and oxygen atoms in total. The van der Waals surface area contributed by atoms with E-state index in [0.29, 0.717) is 0 Å². The molecule has 1 aliphatic rings. The summed E-state index contributed by atoms with van der Waals surface area (Å²) in [5.41, 5.74) is -4.92. The van der Waals surface area contributed by atoms with Crippen LogP contribution in [0.4, 0.5) is 39.9 Å². The summed E-state index contributed by atoms with van der Waals surface area (Å²) in [7, 11) is 0. The Kier molecular flexibility index (Phi) is 6.46. The number of alkyl halides is 8. The third kappa shape index (κ3) is 3.77. The molecular formula is C17H16F8N2O4. The molecule has 0 unspecified atom stereocenters. The minimum atomic E-state index is -6.90. The molecule has 1 fully saturated rings. The molecule has 0 aromatic heterocycles. The van der Waals surface area contributed by atoms with Crippen molar-refractivity contribution in [1.82, 2.24) is 10.6 Å². The first kappa shape index (κ1) is 24.6. The van der Waals surface area contributed by atoms with Crippen LogP contribution in [0, 0.1) is 5.92 Å². The number of halogens is 8. The van der Waals surface area contributed by atoms with Gasteiger partial charge in [-0.15, -0.1) is 0 Å². The van der Waals surface area contributed by atoms with Gasteiger partial charge in [0.05, 0.1) is 12.6 Å². The maximum atomic E-state index is 14.8. The number of urea groups is 1. The fourth-order valence-corrected chi connectivity index (χ4v) is 3.09. The highest BCUT2D eigenvalue weighted by atomic mass is 19.4. The molecule has 1 heterocycles. The Hall–Kier alpha value is -2.64. The first-order valence-corrected chi connectivity index (χ1v) is 8.59. The van der Waals surface area contributed by atoms with Gasteiger partial charge < -0.3 is 20.5 Å². The van der Waals surface area contributed by atoms with Gasteiger partial charge >= 0.3 is 36.2 Å². The van der Waals surface area contributed by atoms with Crippen molar-refractivity contribution in [2.24, 2.45) is 5.92 Å². The number of aliphatic hydroxyl groups is 1.